The van der Waals surface area contributed by atoms with E-state index in [2.05, 4.69) is 20.4 Å². The minimum atomic E-state index is 0.676. The third-order valence-corrected chi connectivity index (χ3v) is 2.10. The fraction of sp³-hybridized carbons (Fsp3) is 0.375. The highest BCUT2D eigenvalue weighted by Crippen LogP contribution is 2.11. The monoisotopic (exact) mass is 194 g/mol. The molecule has 0 spiro atoms. The van der Waals surface area contributed by atoms with Crippen molar-refractivity contribution in [3.8, 4) is 0 Å². The largest absolute Gasteiger partial charge is 0.323 e. The maximum absolute atomic E-state index is 5.18. The van der Waals surface area contributed by atoms with E-state index in [1.165, 1.54) is 0 Å². The van der Waals surface area contributed by atoms with E-state index in [1.807, 2.05) is 6.92 Å². The number of hydrogen-bond acceptors (Lipinski definition) is 5. The quantitative estimate of drug-likeness (QED) is 0.352. The molecule has 0 aliphatic carbocycles. The van der Waals surface area contributed by atoms with Gasteiger partial charge in [0.2, 0.25) is 0 Å². The van der Waals surface area contributed by atoms with Crippen molar-refractivity contribution in [1.82, 2.24) is 10.2 Å². The summed E-state index contributed by atoms with van der Waals surface area (Å²) in [7, 11) is 0. The van der Waals surface area contributed by atoms with Gasteiger partial charge in [0.1, 0.15) is 5.69 Å². The Bertz CT molecular complexity index is 351. The first-order chi connectivity index (χ1) is 6.61. The Balaban J connectivity index is 3.22. The van der Waals surface area contributed by atoms with Crippen molar-refractivity contribution in [2.75, 3.05) is 0 Å². The Labute approximate surface area is 82.1 Å². The summed E-state index contributed by atoms with van der Waals surface area (Å²) >= 11 is 0. The van der Waals surface area contributed by atoms with E-state index in [0.29, 0.717) is 11.4 Å². The molecule has 0 aliphatic rings. The zero-order valence-electron chi connectivity index (χ0n) is 8.50. The van der Waals surface area contributed by atoms with Crippen LogP contribution in [0.15, 0.2) is 10.2 Å². The van der Waals surface area contributed by atoms with Crippen LogP contribution in [-0.2, 0) is 0 Å². The summed E-state index contributed by atoms with van der Waals surface area (Å²) in [5.74, 6) is 10.3. The minimum absolute atomic E-state index is 0.676. The fourth-order valence-corrected chi connectivity index (χ4v) is 1.23. The highest BCUT2D eigenvalue weighted by Gasteiger charge is 2.12. The van der Waals surface area contributed by atoms with Crippen molar-refractivity contribution in [3.05, 3.63) is 17.0 Å². The van der Waals surface area contributed by atoms with E-state index in [0.717, 1.165) is 17.0 Å². The van der Waals surface area contributed by atoms with Gasteiger partial charge in [0.15, 0.2) is 0 Å². The molecule has 1 aromatic heterocycles. The number of aromatic nitrogens is 2. The molecule has 0 radical (unpaired) electrons. The predicted octanol–water partition coefficient (Wildman–Crippen LogP) is 0.0835. The van der Waals surface area contributed by atoms with E-state index < -0.39 is 0 Å². The van der Waals surface area contributed by atoms with Crippen LogP contribution in [-0.4, -0.2) is 21.6 Å². The molecule has 5 N–H and O–H groups in total. The number of aromatic amines is 1. The third-order valence-electron chi connectivity index (χ3n) is 2.10. The second-order valence-electron chi connectivity index (χ2n) is 3.00. The minimum Gasteiger partial charge on any atom is -0.323 e. The summed E-state index contributed by atoms with van der Waals surface area (Å²) in [4.78, 5) is 0. The van der Waals surface area contributed by atoms with Crippen LogP contribution in [0.2, 0.25) is 0 Å². The van der Waals surface area contributed by atoms with Gasteiger partial charge < -0.3 is 11.7 Å². The van der Waals surface area contributed by atoms with Gasteiger partial charge in [-0.25, -0.2) is 0 Å². The van der Waals surface area contributed by atoms with Crippen LogP contribution >= 0.6 is 0 Å². The lowest BCUT2D eigenvalue weighted by molar-refractivity contribution is 1.06. The van der Waals surface area contributed by atoms with E-state index in [-0.39, 0.29) is 0 Å². The Morgan fingerprint density at radius 1 is 1.21 bits per heavy atom. The molecular formula is C8H14N6. The summed E-state index contributed by atoms with van der Waals surface area (Å²) in [6.45, 7) is 5.51. The second-order valence-corrected chi connectivity index (χ2v) is 3.00. The molecule has 0 fully saturated rings. The molecule has 0 aromatic carbocycles. The summed E-state index contributed by atoms with van der Waals surface area (Å²) in [6, 6.07) is 0. The van der Waals surface area contributed by atoms with Crippen LogP contribution < -0.4 is 11.7 Å². The van der Waals surface area contributed by atoms with Crippen molar-refractivity contribution >= 4 is 11.4 Å². The van der Waals surface area contributed by atoms with Crippen LogP contribution in [0.3, 0.4) is 0 Å². The Hall–Kier alpha value is -1.85. The maximum Gasteiger partial charge on any atom is 0.111 e. The van der Waals surface area contributed by atoms with Crippen molar-refractivity contribution in [2.45, 2.75) is 20.8 Å². The average Bonchev–Trinajstić information content (AvgIpc) is 2.58. The first-order valence-corrected chi connectivity index (χ1v) is 4.16. The predicted molar refractivity (Wildman–Crippen MR) is 56.1 cm³/mol. The molecule has 6 nitrogen and oxygen atoms in total. The molecule has 0 amide bonds. The third kappa shape index (κ3) is 1.59. The number of nitrogens with two attached hydrogens (primary N) is 2. The van der Waals surface area contributed by atoms with E-state index in [9.17, 15) is 0 Å². The van der Waals surface area contributed by atoms with Crippen LogP contribution in [0.5, 0.6) is 0 Å². The van der Waals surface area contributed by atoms with E-state index >= 15 is 0 Å². The summed E-state index contributed by atoms with van der Waals surface area (Å²) < 4.78 is 0. The molecule has 0 unspecified atom stereocenters. The van der Waals surface area contributed by atoms with Crippen LogP contribution in [0, 0.1) is 6.92 Å². The Kier molecular flexibility index (Phi) is 2.85. The average molecular weight is 194 g/mol. The molecule has 0 saturated heterocycles. The SMILES string of the molecule is C/C(=N\N)c1n[nH]c(/C(C)=N/N)c1C. The molecular weight excluding hydrogens is 180 g/mol. The van der Waals surface area contributed by atoms with E-state index in [1.54, 1.807) is 13.8 Å². The molecule has 6 heteroatoms. The lowest BCUT2D eigenvalue weighted by atomic mass is 10.1. The number of hydrogen-bond donors (Lipinski definition) is 3. The summed E-state index contributed by atoms with van der Waals surface area (Å²) in [5, 5.41) is 14.1. The fourth-order valence-electron chi connectivity index (χ4n) is 1.23. The van der Waals surface area contributed by atoms with Crippen LogP contribution in [0.25, 0.3) is 0 Å². The lowest BCUT2D eigenvalue weighted by Crippen LogP contribution is -2.03. The van der Waals surface area contributed by atoms with Crippen molar-refractivity contribution in [2.24, 2.45) is 21.9 Å². The highest BCUT2D eigenvalue weighted by molar-refractivity contribution is 6.03. The van der Waals surface area contributed by atoms with Gasteiger partial charge in [0.05, 0.1) is 17.1 Å². The van der Waals surface area contributed by atoms with Crippen molar-refractivity contribution in [3.63, 3.8) is 0 Å². The molecule has 1 heterocycles. The number of nitrogens with zero attached hydrogens (tertiary/aromatic N) is 3. The van der Waals surface area contributed by atoms with Crippen molar-refractivity contribution in [1.29, 1.82) is 0 Å². The second kappa shape index (κ2) is 3.91. The lowest BCUT2D eigenvalue weighted by Gasteiger charge is -1.97. The van der Waals surface area contributed by atoms with Gasteiger partial charge in [-0.3, -0.25) is 5.10 Å². The van der Waals surface area contributed by atoms with Gasteiger partial charge in [-0.15, -0.1) is 0 Å². The smallest absolute Gasteiger partial charge is 0.111 e. The van der Waals surface area contributed by atoms with E-state index in [4.69, 9.17) is 11.7 Å². The van der Waals surface area contributed by atoms with Gasteiger partial charge in [-0.1, -0.05) is 0 Å². The van der Waals surface area contributed by atoms with Gasteiger partial charge in [-0.2, -0.15) is 15.3 Å². The normalized spacial score (nSPS) is 13.4. The molecule has 14 heavy (non-hydrogen) atoms. The molecule has 1 rings (SSSR count). The number of nitrogens with one attached hydrogen (secondary N) is 1. The van der Waals surface area contributed by atoms with Gasteiger partial charge in [0.25, 0.3) is 0 Å². The van der Waals surface area contributed by atoms with Gasteiger partial charge in [-0.05, 0) is 20.8 Å². The zero-order valence-corrected chi connectivity index (χ0v) is 8.50. The van der Waals surface area contributed by atoms with Gasteiger partial charge >= 0.3 is 0 Å². The topological polar surface area (TPSA) is 105 Å². The number of rotatable bonds is 2. The standard InChI is InChI=1S/C8H14N6/c1-4-7(5(2)11-9)13-14-8(4)6(3)12-10/h9-10H2,1-3H3,(H,13,14)/b11-5+,12-6+. The molecule has 0 atom stereocenters. The first-order valence-electron chi connectivity index (χ1n) is 4.16. The molecule has 0 aliphatic heterocycles. The summed E-state index contributed by atoms with van der Waals surface area (Å²) in [6.07, 6.45) is 0. The highest BCUT2D eigenvalue weighted by atomic mass is 15.2. The zero-order chi connectivity index (χ0) is 10.7. The molecule has 76 valence electrons. The Morgan fingerprint density at radius 3 is 2.29 bits per heavy atom. The molecule has 0 bridgehead atoms. The van der Waals surface area contributed by atoms with Crippen LogP contribution in [0.1, 0.15) is 30.8 Å². The number of hydrazone groups is 2. The maximum atomic E-state index is 5.18. The van der Waals surface area contributed by atoms with Gasteiger partial charge in [0, 0.05) is 5.56 Å². The summed E-state index contributed by atoms with van der Waals surface area (Å²) in [5.41, 5.74) is 3.88. The van der Waals surface area contributed by atoms with Crippen molar-refractivity contribution < 1.29 is 0 Å². The molecule has 0 saturated carbocycles. The molecule has 1 aromatic rings. The van der Waals surface area contributed by atoms with Crippen LogP contribution in [0.4, 0.5) is 0 Å². The first kappa shape index (κ1) is 10.2. The number of H-pyrrole nitrogens is 1. The Morgan fingerprint density at radius 2 is 1.79 bits per heavy atom.